The summed E-state index contributed by atoms with van der Waals surface area (Å²) in [6.45, 7) is 1.06. The Balaban J connectivity index is 1.24. The normalized spacial score (nSPS) is 35.9. The van der Waals surface area contributed by atoms with E-state index in [0.717, 1.165) is 36.3 Å². The lowest BCUT2D eigenvalue weighted by atomic mass is 10.0. The quantitative estimate of drug-likeness (QED) is 0.872. The lowest BCUT2D eigenvalue weighted by Crippen LogP contribution is -2.21. The third-order valence-corrected chi connectivity index (χ3v) is 6.94. The molecule has 108 valence electrons. The van der Waals surface area contributed by atoms with E-state index in [1.54, 1.807) is 6.42 Å². The molecule has 2 heteroatoms. The van der Waals surface area contributed by atoms with Gasteiger partial charge in [-0.05, 0) is 65.5 Å². The first-order chi connectivity index (χ1) is 10.4. The predicted octanol–water partition coefficient (Wildman–Crippen LogP) is 4.55. The highest BCUT2D eigenvalue weighted by molar-refractivity contribution is 7.10. The molecule has 3 fully saturated rings. The van der Waals surface area contributed by atoms with Gasteiger partial charge in [0.05, 0.1) is 0 Å². The van der Waals surface area contributed by atoms with Crippen LogP contribution in [0.25, 0.3) is 11.1 Å². The summed E-state index contributed by atoms with van der Waals surface area (Å²) in [4.78, 5) is 1.48. The van der Waals surface area contributed by atoms with E-state index in [1.165, 1.54) is 28.8 Å². The molecule has 1 aromatic heterocycles. The first kappa shape index (κ1) is 12.4. The summed E-state index contributed by atoms with van der Waals surface area (Å²) >= 11 is 1.90. The van der Waals surface area contributed by atoms with Crippen LogP contribution in [0.1, 0.15) is 24.1 Å². The van der Waals surface area contributed by atoms with E-state index in [-0.39, 0.29) is 0 Å². The van der Waals surface area contributed by atoms with E-state index in [1.807, 2.05) is 11.3 Å². The Labute approximate surface area is 130 Å². The lowest BCUT2D eigenvalue weighted by molar-refractivity contribution is 0.456. The molecule has 3 aliphatic carbocycles. The van der Waals surface area contributed by atoms with Gasteiger partial charge in [0.25, 0.3) is 0 Å². The molecular weight excluding hydrogens is 274 g/mol. The Morgan fingerprint density at radius 3 is 2.52 bits per heavy atom. The molecule has 1 aromatic carbocycles. The third kappa shape index (κ3) is 2.00. The van der Waals surface area contributed by atoms with Gasteiger partial charge in [-0.2, -0.15) is 0 Å². The lowest BCUT2D eigenvalue weighted by Gasteiger charge is -2.09. The van der Waals surface area contributed by atoms with Gasteiger partial charge in [-0.25, -0.2) is 0 Å². The Morgan fingerprint density at radius 1 is 1.00 bits per heavy atom. The maximum Gasteiger partial charge on any atom is 0.0302 e. The van der Waals surface area contributed by atoms with Crippen molar-refractivity contribution in [3.63, 3.8) is 0 Å². The molecular formula is C19H21NS. The molecule has 1 N–H and O–H groups in total. The minimum Gasteiger partial charge on any atom is -0.309 e. The second kappa shape index (κ2) is 4.69. The number of benzene rings is 1. The van der Waals surface area contributed by atoms with Gasteiger partial charge in [0.1, 0.15) is 0 Å². The van der Waals surface area contributed by atoms with E-state index < -0.39 is 0 Å². The molecule has 0 radical (unpaired) electrons. The van der Waals surface area contributed by atoms with Crippen LogP contribution in [0.3, 0.4) is 0 Å². The van der Waals surface area contributed by atoms with Crippen molar-refractivity contribution < 1.29 is 0 Å². The first-order valence-corrected chi connectivity index (χ1v) is 9.14. The van der Waals surface area contributed by atoms with Crippen LogP contribution in [0.15, 0.2) is 41.8 Å². The highest BCUT2D eigenvalue weighted by atomic mass is 32.1. The monoisotopic (exact) mass is 295 g/mol. The van der Waals surface area contributed by atoms with Crippen LogP contribution in [0.4, 0.5) is 0 Å². The smallest absolute Gasteiger partial charge is 0.0302 e. The average Bonchev–Trinajstić information content (AvgIpc) is 2.95. The summed E-state index contributed by atoms with van der Waals surface area (Å²) in [5.41, 5.74) is 2.70. The van der Waals surface area contributed by atoms with Crippen LogP contribution >= 0.6 is 11.3 Å². The van der Waals surface area contributed by atoms with Crippen LogP contribution in [0.2, 0.25) is 0 Å². The van der Waals surface area contributed by atoms with Crippen LogP contribution in [0.5, 0.6) is 0 Å². The van der Waals surface area contributed by atoms with Crippen molar-refractivity contribution in [2.75, 3.05) is 0 Å². The van der Waals surface area contributed by atoms with Crippen molar-refractivity contribution in [3.8, 4) is 11.1 Å². The summed E-state index contributed by atoms with van der Waals surface area (Å²) in [6, 6.07) is 13.9. The van der Waals surface area contributed by atoms with Gasteiger partial charge in [-0.15, -0.1) is 11.3 Å². The summed E-state index contributed by atoms with van der Waals surface area (Å²) in [5, 5.41) is 6.15. The first-order valence-electron chi connectivity index (χ1n) is 8.26. The Morgan fingerprint density at radius 2 is 1.76 bits per heavy atom. The second-order valence-electron chi connectivity index (χ2n) is 7.06. The Hall–Kier alpha value is -1.12. The number of hydrogen-bond acceptors (Lipinski definition) is 2. The minimum atomic E-state index is 0.846. The van der Waals surface area contributed by atoms with Crippen molar-refractivity contribution >= 4 is 11.3 Å². The SMILES string of the molecule is c1ccc(-c2csc(CNC3C4C5CCC(C5)C34)c2)cc1. The Bertz CT molecular complexity index is 631. The van der Waals surface area contributed by atoms with Crippen LogP contribution in [0, 0.1) is 23.7 Å². The Kier molecular flexibility index (Phi) is 2.77. The molecule has 0 amide bonds. The molecule has 0 spiro atoms. The highest BCUT2D eigenvalue weighted by Gasteiger charge is 2.64. The summed E-state index contributed by atoms with van der Waals surface area (Å²) < 4.78 is 0. The average molecular weight is 295 g/mol. The van der Waals surface area contributed by atoms with Crippen molar-refractivity contribution in [2.45, 2.75) is 31.8 Å². The number of thiophene rings is 1. The van der Waals surface area contributed by atoms with Crippen LogP contribution < -0.4 is 5.32 Å². The van der Waals surface area contributed by atoms with Gasteiger partial charge >= 0.3 is 0 Å². The van der Waals surface area contributed by atoms with Gasteiger partial charge in [0, 0.05) is 17.5 Å². The third-order valence-electron chi connectivity index (χ3n) is 6.01. The number of nitrogens with one attached hydrogen (secondary N) is 1. The number of rotatable bonds is 4. The zero-order valence-corrected chi connectivity index (χ0v) is 13.0. The highest BCUT2D eigenvalue weighted by Crippen LogP contribution is 2.65. The predicted molar refractivity (Wildman–Crippen MR) is 88.2 cm³/mol. The van der Waals surface area contributed by atoms with Gasteiger partial charge in [-0.1, -0.05) is 30.3 Å². The van der Waals surface area contributed by atoms with Crippen molar-refractivity contribution in [1.82, 2.24) is 5.32 Å². The van der Waals surface area contributed by atoms with E-state index in [2.05, 4.69) is 47.1 Å². The summed E-state index contributed by atoms with van der Waals surface area (Å²) in [5.74, 6) is 4.22. The van der Waals surface area contributed by atoms with E-state index in [9.17, 15) is 0 Å². The molecule has 4 unspecified atom stereocenters. The van der Waals surface area contributed by atoms with Crippen molar-refractivity contribution in [3.05, 3.63) is 46.7 Å². The molecule has 3 saturated carbocycles. The van der Waals surface area contributed by atoms with E-state index >= 15 is 0 Å². The molecule has 0 aliphatic heterocycles. The molecule has 1 heterocycles. The largest absolute Gasteiger partial charge is 0.309 e. The summed E-state index contributed by atoms with van der Waals surface area (Å²) in [7, 11) is 0. The maximum atomic E-state index is 3.85. The molecule has 5 rings (SSSR count). The number of hydrogen-bond donors (Lipinski definition) is 1. The maximum absolute atomic E-state index is 3.85. The number of fused-ring (bicyclic) bond motifs is 5. The molecule has 2 bridgehead atoms. The van der Waals surface area contributed by atoms with E-state index in [4.69, 9.17) is 0 Å². The molecule has 4 atom stereocenters. The fourth-order valence-electron chi connectivity index (χ4n) is 5.07. The molecule has 1 nitrogen and oxygen atoms in total. The zero-order valence-electron chi connectivity index (χ0n) is 12.2. The van der Waals surface area contributed by atoms with Gasteiger partial charge in [0.2, 0.25) is 0 Å². The molecule has 21 heavy (non-hydrogen) atoms. The van der Waals surface area contributed by atoms with Gasteiger partial charge in [0.15, 0.2) is 0 Å². The zero-order chi connectivity index (χ0) is 13.8. The fraction of sp³-hybridized carbons (Fsp3) is 0.474. The standard InChI is InChI=1S/C19H21NS/c1-2-4-12(5-3-1)15-9-16(21-11-15)10-20-19-17-13-6-7-14(8-13)18(17)19/h1-5,9,11,13-14,17-20H,6-8,10H2. The van der Waals surface area contributed by atoms with Crippen molar-refractivity contribution in [2.24, 2.45) is 23.7 Å². The fourth-order valence-corrected chi connectivity index (χ4v) is 5.92. The van der Waals surface area contributed by atoms with Crippen LogP contribution in [-0.2, 0) is 6.54 Å². The van der Waals surface area contributed by atoms with Crippen LogP contribution in [-0.4, -0.2) is 6.04 Å². The minimum absolute atomic E-state index is 0.846. The van der Waals surface area contributed by atoms with E-state index in [0.29, 0.717) is 0 Å². The van der Waals surface area contributed by atoms with Gasteiger partial charge < -0.3 is 5.32 Å². The molecule has 0 saturated heterocycles. The van der Waals surface area contributed by atoms with Crippen molar-refractivity contribution in [1.29, 1.82) is 0 Å². The summed E-state index contributed by atoms with van der Waals surface area (Å²) in [6.07, 6.45) is 4.58. The topological polar surface area (TPSA) is 12.0 Å². The second-order valence-corrected chi connectivity index (χ2v) is 8.06. The molecule has 2 aromatic rings. The van der Waals surface area contributed by atoms with Gasteiger partial charge in [-0.3, -0.25) is 0 Å². The molecule has 3 aliphatic rings.